The van der Waals surface area contributed by atoms with E-state index in [0.717, 1.165) is 22.5 Å². The molecule has 1 aromatic heterocycles. The molecule has 0 spiro atoms. The summed E-state index contributed by atoms with van der Waals surface area (Å²) < 4.78 is 0. The van der Waals surface area contributed by atoms with Crippen molar-refractivity contribution in [2.24, 2.45) is 0 Å². The van der Waals surface area contributed by atoms with Crippen LogP contribution in [0.2, 0.25) is 0 Å². The van der Waals surface area contributed by atoms with Crippen molar-refractivity contribution in [1.29, 1.82) is 0 Å². The third-order valence-electron chi connectivity index (χ3n) is 5.16. The lowest BCUT2D eigenvalue weighted by Crippen LogP contribution is -2.35. The van der Waals surface area contributed by atoms with Gasteiger partial charge in [0.25, 0.3) is 5.91 Å². The predicted molar refractivity (Wildman–Crippen MR) is 118 cm³/mol. The maximum absolute atomic E-state index is 12.8. The van der Waals surface area contributed by atoms with Crippen molar-refractivity contribution in [3.63, 3.8) is 0 Å². The van der Waals surface area contributed by atoms with E-state index in [1.807, 2.05) is 69.2 Å². The van der Waals surface area contributed by atoms with Crippen molar-refractivity contribution in [2.45, 2.75) is 32.9 Å². The van der Waals surface area contributed by atoms with E-state index in [2.05, 4.69) is 20.5 Å². The standard InChI is InChI=1S/C23H29N5O2/c1-14-6-8-17(9-7-14)18-10-19(12-20(11-18)23(30)24-15(2)13-29)22-25-21(26-27-22)16(3)28(4)5/h6-12,15-16,29H,13H2,1-5H3,(H,24,30)(H,25,26,27)/t15-,16?/m0/s1. The van der Waals surface area contributed by atoms with Crippen LogP contribution in [0, 0.1) is 6.92 Å². The summed E-state index contributed by atoms with van der Waals surface area (Å²) in [5, 5.41) is 19.5. The summed E-state index contributed by atoms with van der Waals surface area (Å²) in [4.78, 5) is 19.5. The summed E-state index contributed by atoms with van der Waals surface area (Å²) in [6, 6.07) is 13.5. The number of aromatic amines is 1. The number of aliphatic hydroxyl groups is 1. The Morgan fingerprint density at radius 2 is 1.77 bits per heavy atom. The number of carbonyl (C=O) groups is 1. The summed E-state index contributed by atoms with van der Waals surface area (Å²) in [7, 11) is 3.96. The van der Waals surface area contributed by atoms with E-state index in [-0.39, 0.29) is 24.6 Å². The van der Waals surface area contributed by atoms with Crippen LogP contribution in [-0.4, -0.2) is 57.8 Å². The molecule has 0 saturated heterocycles. The van der Waals surface area contributed by atoms with Crippen molar-refractivity contribution < 1.29 is 9.90 Å². The average Bonchev–Trinajstić information content (AvgIpc) is 3.23. The first-order valence-corrected chi connectivity index (χ1v) is 10.0. The lowest BCUT2D eigenvalue weighted by molar-refractivity contribution is 0.0922. The molecule has 0 saturated carbocycles. The number of H-pyrrole nitrogens is 1. The van der Waals surface area contributed by atoms with Crippen LogP contribution >= 0.6 is 0 Å². The smallest absolute Gasteiger partial charge is 0.251 e. The second-order valence-corrected chi connectivity index (χ2v) is 7.91. The highest BCUT2D eigenvalue weighted by Gasteiger charge is 2.17. The van der Waals surface area contributed by atoms with E-state index in [9.17, 15) is 9.90 Å². The molecule has 158 valence electrons. The van der Waals surface area contributed by atoms with Gasteiger partial charge >= 0.3 is 0 Å². The zero-order valence-electron chi connectivity index (χ0n) is 18.1. The molecule has 1 unspecified atom stereocenters. The number of amides is 1. The monoisotopic (exact) mass is 407 g/mol. The van der Waals surface area contributed by atoms with Gasteiger partial charge in [-0.05, 0) is 64.2 Å². The Hall–Kier alpha value is -3.03. The Bertz CT molecular complexity index is 1010. The van der Waals surface area contributed by atoms with Gasteiger partial charge in [-0.15, -0.1) is 0 Å². The quantitative estimate of drug-likeness (QED) is 0.559. The third kappa shape index (κ3) is 4.93. The Morgan fingerprint density at radius 3 is 2.40 bits per heavy atom. The fraction of sp³-hybridized carbons (Fsp3) is 0.348. The van der Waals surface area contributed by atoms with Crippen molar-refractivity contribution in [3.05, 3.63) is 59.4 Å². The lowest BCUT2D eigenvalue weighted by atomic mass is 9.98. The Kier molecular flexibility index (Phi) is 6.64. The Labute approximate surface area is 177 Å². The maximum Gasteiger partial charge on any atom is 0.251 e. The summed E-state index contributed by atoms with van der Waals surface area (Å²) in [5.41, 5.74) is 4.32. The third-order valence-corrected chi connectivity index (χ3v) is 5.16. The molecule has 30 heavy (non-hydrogen) atoms. The van der Waals surface area contributed by atoms with Gasteiger partial charge in [0.2, 0.25) is 0 Å². The van der Waals surface area contributed by atoms with Crippen LogP contribution in [0.4, 0.5) is 0 Å². The Balaban J connectivity index is 2.05. The fourth-order valence-corrected chi connectivity index (χ4v) is 2.99. The van der Waals surface area contributed by atoms with Crippen LogP contribution in [0.1, 0.15) is 41.6 Å². The van der Waals surface area contributed by atoms with Crippen molar-refractivity contribution >= 4 is 5.91 Å². The van der Waals surface area contributed by atoms with Gasteiger partial charge in [0.1, 0.15) is 5.82 Å². The molecule has 2 atom stereocenters. The number of rotatable bonds is 7. The molecule has 7 heteroatoms. The predicted octanol–water partition coefficient (Wildman–Crippen LogP) is 3.18. The van der Waals surface area contributed by atoms with Gasteiger partial charge < -0.3 is 10.4 Å². The second kappa shape index (κ2) is 9.19. The van der Waals surface area contributed by atoms with E-state index in [1.165, 1.54) is 5.56 Å². The molecule has 1 amide bonds. The largest absolute Gasteiger partial charge is 0.394 e. The summed E-state index contributed by atoms with van der Waals surface area (Å²) in [5.74, 6) is 1.05. The molecule has 0 aliphatic heterocycles. The number of aliphatic hydroxyl groups excluding tert-OH is 1. The average molecular weight is 408 g/mol. The second-order valence-electron chi connectivity index (χ2n) is 7.91. The van der Waals surface area contributed by atoms with Gasteiger partial charge in [-0.2, -0.15) is 5.10 Å². The molecule has 3 rings (SSSR count). The minimum absolute atomic E-state index is 0.0831. The van der Waals surface area contributed by atoms with Gasteiger partial charge in [-0.25, -0.2) is 4.98 Å². The van der Waals surface area contributed by atoms with E-state index >= 15 is 0 Å². The molecule has 0 fully saturated rings. The van der Waals surface area contributed by atoms with Crippen LogP contribution in [0.15, 0.2) is 42.5 Å². The minimum Gasteiger partial charge on any atom is -0.394 e. The number of aromatic nitrogens is 3. The fourth-order valence-electron chi connectivity index (χ4n) is 2.99. The zero-order valence-corrected chi connectivity index (χ0v) is 18.1. The molecule has 0 aliphatic rings. The Morgan fingerprint density at radius 1 is 1.10 bits per heavy atom. The van der Waals surface area contributed by atoms with Crippen molar-refractivity contribution in [2.75, 3.05) is 20.7 Å². The van der Waals surface area contributed by atoms with Gasteiger partial charge in [0.05, 0.1) is 12.6 Å². The van der Waals surface area contributed by atoms with Crippen LogP contribution in [0.5, 0.6) is 0 Å². The number of nitrogens with zero attached hydrogens (tertiary/aromatic N) is 3. The number of hydrogen-bond donors (Lipinski definition) is 3. The first-order valence-electron chi connectivity index (χ1n) is 10.0. The highest BCUT2D eigenvalue weighted by molar-refractivity contribution is 5.97. The summed E-state index contributed by atoms with van der Waals surface area (Å²) in [6.07, 6.45) is 0. The summed E-state index contributed by atoms with van der Waals surface area (Å²) in [6.45, 7) is 5.72. The van der Waals surface area contributed by atoms with Gasteiger partial charge in [0.15, 0.2) is 5.82 Å². The first-order chi connectivity index (χ1) is 14.3. The zero-order chi connectivity index (χ0) is 21.8. The van der Waals surface area contributed by atoms with Crippen LogP contribution < -0.4 is 5.32 Å². The molecule has 1 heterocycles. The van der Waals surface area contributed by atoms with Gasteiger partial charge in [-0.1, -0.05) is 29.8 Å². The van der Waals surface area contributed by atoms with E-state index in [0.29, 0.717) is 11.4 Å². The van der Waals surface area contributed by atoms with E-state index < -0.39 is 0 Å². The van der Waals surface area contributed by atoms with Crippen LogP contribution in [0.25, 0.3) is 22.5 Å². The molecule has 0 radical (unpaired) electrons. The van der Waals surface area contributed by atoms with Crippen LogP contribution in [0.3, 0.4) is 0 Å². The number of aryl methyl sites for hydroxylation is 1. The topological polar surface area (TPSA) is 94.1 Å². The maximum atomic E-state index is 12.8. The number of hydrogen-bond acceptors (Lipinski definition) is 5. The molecular weight excluding hydrogens is 378 g/mol. The van der Waals surface area contributed by atoms with Crippen molar-refractivity contribution in [3.8, 4) is 22.5 Å². The first kappa shape index (κ1) is 21.7. The number of carbonyl (C=O) groups excluding carboxylic acids is 1. The normalized spacial score (nSPS) is 13.3. The van der Waals surface area contributed by atoms with Gasteiger partial charge in [0, 0.05) is 17.2 Å². The van der Waals surface area contributed by atoms with Crippen LogP contribution in [-0.2, 0) is 0 Å². The molecule has 7 nitrogen and oxygen atoms in total. The summed E-state index contributed by atoms with van der Waals surface area (Å²) >= 11 is 0. The lowest BCUT2D eigenvalue weighted by Gasteiger charge is -2.16. The highest BCUT2D eigenvalue weighted by Crippen LogP contribution is 2.28. The SMILES string of the molecule is Cc1ccc(-c2cc(C(=O)N[C@@H](C)CO)cc(-c3n[nH]c(C(C)N(C)C)n3)c2)cc1. The van der Waals surface area contributed by atoms with Gasteiger partial charge in [-0.3, -0.25) is 14.8 Å². The number of nitrogens with one attached hydrogen (secondary N) is 2. The number of benzene rings is 2. The molecule has 3 aromatic rings. The molecular formula is C23H29N5O2. The molecule has 0 bridgehead atoms. The van der Waals surface area contributed by atoms with E-state index in [4.69, 9.17) is 0 Å². The highest BCUT2D eigenvalue weighted by atomic mass is 16.3. The van der Waals surface area contributed by atoms with E-state index in [1.54, 1.807) is 13.0 Å². The molecule has 2 aromatic carbocycles. The van der Waals surface area contributed by atoms with Crippen molar-refractivity contribution in [1.82, 2.24) is 25.4 Å². The minimum atomic E-state index is -0.333. The molecule has 0 aliphatic carbocycles. The molecule has 3 N–H and O–H groups in total.